The topological polar surface area (TPSA) is 64.2 Å². The van der Waals surface area contributed by atoms with Crippen LogP contribution in [-0.2, 0) is 11.3 Å². The third-order valence-electron chi connectivity index (χ3n) is 6.38. The van der Waals surface area contributed by atoms with Gasteiger partial charge in [0.15, 0.2) is 11.0 Å². The molecule has 1 saturated carbocycles. The number of hydrogen-bond donors (Lipinski definition) is 0. The van der Waals surface area contributed by atoms with Crippen LogP contribution >= 0.6 is 11.8 Å². The zero-order chi connectivity index (χ0) is 23.5. The number of benzene rings is 2. The van der Waals surface area contributed by atoms with Gasteiger partial charge in [-0.15, -0.1) is 10.2 Å². The molecule has 34 heavy (non-hydrogen) atoms. The van der Waals surface area contributed by atoms with Crippen LogP contribution in [-0.4, -0.2) is 37.4 Å². The predicted octanol–water partition coefficient (Wildman–Crippen LogP) is 5.76. The van der Waals surface area contributed by atoms with E-state index in [-0.39, 0.29) is 11.9 Å². The first-order chi connectivity index (χ1) is 16.6. The second kappa shape index (κ2) is 9.89. The molecule has 0 radical (unpaired) electrons. The van der Waals surface area contributed by atoms with Crippen LogP contribution in [0.4, 0.5) is 0 Å². The van der Waals surface area contributed by atoms with E-state index < -0.39 is 0 Å². The van der Waals surface area contributed by atoms with Crippen LogP contribution in [0.3, 0.4) is 0 Å². The fraction of sp³-hybridized carbons (Fsp3) is 0.296. The Morgan fingerprint density at radius 3 is 2.44 bits per heavy atom. The molecule has 2 aromatic carbocycles. The van der Waals surface area contributed by atoms with E-state index >= 15 is 0 Å². The molecule has 6 nitrogen and oxygen atoms in total. The Balaban J connectivity index is 1.40. The first kappa shape index (κ1) is 22.5. The quantitative estimate of drug-likeness (QED) is 0.290. The van der Waals surface area contributed by atoms with Crippen LogP contribution in [0.25, 0.3) is 17.1 Å². The highest BCUT2D eigenvalue weighted by Gasteiger charge is 2.34. The minimum Gasteiger partial charge on any atom is -0.469 e. The first-order valence-corrected chi connectivity index (χ1v) is 12.6. The molecule has 1 aliphatic carbocycles. The molecular weight excluding hydrogens is 444 g/mol. The molecule has 0 N–H and O–H groups in total. The molecule has 2 heterocycles. The molecule has 1 fully saturated rings. The van der Waals surface area contributed by atoms with E-state index in [1.807, 2.05) is 71.0 Å². The summed E-state index contributed by atoms with van der Waals surface area (Å²) >= 11 is 1.43. The number of carbonyl (C=O) groups excluding carboxylic acids is 1. The molecular formula is C27H28N4O2S. The molecule has 0 aliphatic heterocycles. The van der Waals surface area contributed by atoms with Crippen molar-refractivity contribution in [3.05, 3.63) is 84.3 Å². The van der Waals surface area contributed by atoms with E-state index in [1.165, 1.54) is 24.6 Å². The van der Waals surface area contributed by atoms with Gasteiger partial charge in [0.25, 0.3) is 0 Å². The molecule has 0 saturated heterocycles. The number of furan rings is 1. The number of carbonyl (C=O) groups is 1. The Bertz CT molecular complexity index is 1250. The number of amides is 1. The van der Waals surface area contributed by atoms with E-state index in [0.29, 0.717) is 29.2 Å². The monoisotopic (exact) mass is 472 g/mol. The van der Waals surface area contributed by atoms with Gasteiger partial charge in [-0.1, -0.05) is 60.3 Å². The largest absolute Gasteiger partial charge is 0.469 e. The highest BCUT2D eigenvalue weighted by Crippen LogP contribution is 2.36. The maximum atomic E-state index is 13.5. The van der Waals surface area contributed by atoms with Crippen LogP contribution in [0.15, 0.2) is 82.6 Å². The predicted molar refractivity (Wildman–Crippen MR) is 134 cm³/mol. The highest BCUT2D eigenvalue weighted by atomic mass is 32.2. The summed E-state index contributed by atoms with van der Waals surface area (Å²) in [7, 11) is 0. The summed E-state index contributed by atoms with van der Waals surface area (Å²) in [4.78, 5) is 15.5. The molecule has 1 atom stereocenters. The number of para-hydroxylation sites is 1. The van der Waals surface area contributed by atoms with E-state index in [4.69, 9.17) is 4.42 Å². The van der Waals surface area contributed by atoms with Crippen molar-refractivity contribution in [3.63, 3.8) is 0 Å². The molecule has 1 unspecified atom stereocenters. The Morgan fingerprint density at radius 1 is 1.09 bits per heavy atom. The highest BCUT2D eigenvalue weighted by molar-refractivity contribution is 7.99. The van der Waals surface area contributed by atoms with Crippen LogP contribution in [0.5, 0.6) is 0 Å². The van der Waals surface area contributed by atoms with Crippen molar-refractivity contribution in [3.8, 4) is 17.1 Å². The number of rotatable bonds is 9. The average molecular weight is 473 g/mol. The summed E-state index contributed by atoms with van der Waals surface area (Å²) < 4.78 is 7.51. The van der Waals surface area contributed by atoms with E-state index in [2.05, 4.69) is 29.3 Å². The van der Waals surface area contributed by atoms with Gasteiger partial charge in [-0.3, -0.25) is 9.36 Å². The number of hydrogen-bond acceptors (Lipinski definition) is 5. The van der Waals surface area contributed by atoms with Gasteiger partial charge in [-0.2, -0.15) is 0 Å². The van der Waals surface area contributed by atoms with Crippen molar-refractivity contribution >= 4 is 17.7 Å². The van der Waals surface area contributed by atoms with Gasteiger partial charge in [0.05, 0.1) is 17.6 Å². The average Bonchev–Trinajstić information content (AvgIpc) is 3.51. The summed E-state index contributed by atoms with van der Waals surface area (Å²) in [5, 5.41) is 9.62. The maximum absolute atomic E-state index is 13.5. The lowest BCUT2D eigenvalue weighted by molar-refractivity contribution is -0.131. The fourth-order valence-corrected chi connectivity index (χ4v) is 5.08. The fourth-order valence-electron chi connectivity index (χ4n) is 4.25. The first-order valence-electron chi connectivity index (χ1n) is 11.6. The molecule has 2 aromatic heterocycles. The van der Waals surface area contributed by atoms with Crippen LogP contribution in [0.1, 0.15) is 31.1 Å². The summed E-state index contributed by atoms with van der Waals surface area (Å²) in [6, 6.07) is 22.3. The van der Waals surface area contributed by atoms with Crippen LogP contribution in [0, 0.1) is 12.8 Å². The van der Waals surface area contributed by atoms with Gasteiger partial charge < -0.3 is 9.32 Å². The van der Waals surface area contributed by atoms with Gasteiger partial charge in [0.2, 0.25) is 5.91 Å². The third-order valence-corrected chi connectivity index (χ3v) is 7.30. The smallest absolute Gasteiger partial charge is 0.233 e. The molecule has 4 aromatic rings. The minimum atomic E-state index is 0.122. The molecule has 0 spiro atoms. The zero-order valence-electron chi connectivity index (χ0n) is 19.4. The summed E-state index contributed by atoms with van der Waals surface area (Å²) in [5.74, 6) is 2.52. The Morgan fingerprint density at radius 2 is 1.79 bits per heavy atom. The van der Waals surface area contributed by atoms with Crippen molar-refractivity contribution in [2.24, 2.45) is 5.92 Å². The van der Waals surface area contributed by atoms with Crippen molar-refractivity contribution in [2.75, 3.05) is 5.75 Å². The number of nitrogens with zero attached hydrogens (tertiary/aromatic N) is 4. The molecule has 5 rings (SSSR count). The van der Waals surface area contributed by atoms with Gasteiger partial charge in [-0.05, 0) is 56.4 Å². The lowest BCUT2D eigenvalue weighted by Gasteiger charge is -2.29. The van der Waals surface area contributed by atoms with Gasteiger partial charge in [-0.25, -0.2) is 0 Å². The second-order valence-corrected chi connectivity index (χ2v) is 9.68. The Labute approximate surface area is 204 Å². The normalized spacial score (nSPS) is 14.2. The van der Waals surface area contributed by atoms with Crippen molar-refractivity contribution in [2.45, 2.75) is 44.4 Å². The zero-order valence-corrected chi connectivity index (χ0v) is 20.2. The van der Waals surface area contributed by atoms with Gasteiger partial charge >= 0.3 is 0 Å². The number of thioether (sulfide) groups is 1. The molecule has 1 amide bonds. The molecule has 1 aliphatic rings. The van der Waals surface area contributed by atoms with Crippen LogP contribution < -0.4 is 0 Å². The molecule has 174 valence electrons. The van der Waals surface area contributed by atoms with Gasteiger partial charge in [0, 0.05) is 18.3 Å². The van der Waals surface area contributed by atoms with E-state index in [1.54, 1.807) is 6.26 Å². The number of aryl methyl sites for hydroxylation is 1. The summed E-state index contributed by atoms with van der Waals surface area (Å²) in [6.45, 7) is 4.72. The van der Waals surface area contributed by atoms with Crippen molar-refractivity contribution in [1.82, 2.24) is 19.7 Å². The molecule has 7 heteroatoms. The third kappa shape index (κ3) is 4.80. The lowest BCUT2D eigenvalue weighted by Crippen LogP contribution is -2.40. The maximum Gasteiger partial charge on any atom is 0.233 e. The Hall–Kier alpha value is -3.32. The van der Waals surface area contributed by atoms with E-state index in [9.17, 15) is 4.79 Å². The molecule has 0 bridgehead atoms. The standard InChI is InChI=1S/C27H28N4O2S/c1-19(22-13-14-22)30(17-21-9-5-3-6-10-21)25(32)18-34-27-29-28-26(24-15-16-33-20(24)2)31(27)23-11-7-4-8-12-23/h3-12,15-16,19,22H,13-14,17-18H2,1-2H3. The SMILES string of the molecule is Cc1occc1-c1nnc(SCC(=O)N(Cc2ccccc2)C(C)C2CC2)n1-c1ccccc1. The van der Waals surface area contributed by atoms with Crippen LogP contribution in [0.2, 0.25) is 0 Å². The van der Waals surface area contributed by atoms with Crippen molar-refractivity contribution in [1.29, 1.82) is 0 Å². The lowest BCUT2D eigenvalue weighted by atomic mass is 10.1. The van der Waals surface area contributed by atoms with E-state index in [0.717, 1.165) is 22.6 Å². The summed E-state index contributed by atoms with van der Waals surface area (Å²) in [6.07, 6.45) is 4.05. The second-order valence-electron chi connectivity index (χ2n) is 8.74. The van der Waals surface area contributed by atoms with Crippen molar-refractivity contribution < 1.29 is 9.21 Å². The summed E-state index contributed by atoms with van der Waals surface area (Å²) in [5.41, 5.74) is 2.99. The minimum absolute atomic E-state index is 0.122. The Kier molecular flexibility index (Phi) is 6.54. The van der Waals surface area contributed by atoms with Gasteiger partial charge in [0.1, 0.15) is 5.76 Å². The number of aromatic nitrogens is 3.